The third-order valence-electron chi connectivity index (χ3n) is 14.7. The summed E-state index contributed by atoms with van der Waals surface area (Å²) in [6, 6.07) is 17.7. The van der Waals surface area contributed by atoms with Gasteiger partial charge in [0.15, 0.2) is 0 Å². The third kappa shape index (κ3) is 38.4. The van der Waals surface area contributed by atoms with Gasteiger partial charge < -0.3 is 19.4 Å². The second kappa shape index (κ2) is 53.0. The smallest absolute Gasteiger partial charge is 0.493 e. The Labute approximate surface area is 459 Å². The van der Waals surface area contributed by atoms with E-state index in [-0.39, 0.29) is 20.4 Å². The van der Waals surface area contributed by atoms with Gasteiger partial charge in [0.1, 0.15) is 0 Å². The fraction of sp³-hybridized carbons (Fsp3) is 0.735. The molecule has 410 valence electrons. The molecule has 1 heterocycles. The van der Waals surface area contributed by atoms with Gasteiger partial charge in [0.05, 0.1) is 0 Å². The van der Waals surface area contributed by atoms with Crippen LogP contribution >= 0.6 is 0 Å². The molecule has 0 fully saturated rings. The Morgan fingerprint density at radius 3 is 0.887 bits per heavy atom. The van der Waals surface area contributed by atoms with Gasteiger partial charge >= 0.3 is 20.4 Å². The third-order valence-corrected chi connectivity index (χ3v) is 14.7. The van der Waals surface area contributed by atoms with Gasteiger partial charge in [-0.25, -0.2) is 4.70 Å². The van der Waals surface area contributed by atoms with Crippen LogP contribution in [-0.4, -0.2) is 4.70 Å². The van der Waals surface area contributed by atoms with E-state index in [9.17, 15) is 5.53 Å². The summed E-state index contributed by atoms with van der Waals surface area (Å²) in [7, 11) is 0. The molecule has 71 heavy (non-hydrogen) atoms. The summed E-state index contributed by atoms with van der Waals surface area (Å²) in [6.45, 7) is 19.1. The summed E-state index contributed by atoms with van der Waals surface area (Å²) >= 11 is 0. The summed E-state index contributed by atoms with van der Waals surface area (Å²) < 4.78 is 1.45. The number of hydrogen-bond acceptors (Lipinski definition) is 0. The van der Waals surface area contributed by atoms with Gasteiger partial charge in [0, 0.05) is 22.8 Å². The van der Waals surface area contributed by atoms with E-state index < -0.39 is 0 Å². The minimum absolute atomic E-state index is 0. The van der Waals surface area contributed by atoms with Crippen LogP contribution in [0.25, 0.3) is 16.9 Å². The molecule has 0 unspecified atom stereocenters. The fourth-order valence-electron chi connectivity index (χ4n) is 9.92. The van der Waals surface area contributed by atoms with Crippen LogP contribution in [0.3, 0.4) is 0 Å². The minimum atomic E-state index is 0. The molecule has 3 heteroatoms. The van der Waals surface area contributed by atoms with Gasteiger partial charge in [-0.05, 0) is 73.9 Å². The number of aryl methyl sites for hydroxylation is 2. The van der Waals surface area contributed by atoms with Crippen LogP contribution in [0.4, 0.5) is 0 Å². The predicted molar refractivity (Wildman–Crippen MR) is 316 cm³/mol. The maximum atomic E-state index is 11.4. The van der Waals surface area contributed by atoms with E-state index in [1.165, 1.54) is 278 Å². The molecular weight excluding hydrogens is 951 g/mol. The molecule has 0 N–H and O–H groups in total. The molecule has 0 aliphatic carbocycles. The minimum Gasteiger partial charge on any atom is -0.493 e. The molecule has 0 saturated heterocycles. The Morgan fingerprint density at radius 2 is 0.577 bits per heavy atom. The first-order chi connectivity index (χ1) is 34.5. The van der Waals surface area contributed by atoms with Crippen molar-refractivity contribution in [2.45, 2.75) is 324 Å². The summed E-state index contributed by atoms with van der Waals surface area (Å²) in [5, 5.41) is 0. The first-order valence-corrected chi connectivity index (χ1v) is 31.2. The van der Waals surface area contributed by atoms with Gasteiger partial charge in [-0.15, -0.1) is 0 Å². The first-order valence-electron chi connectivity index (χ1n) is 31.2. The molecule has 2 aromatic rings. The molecule has 0 atom stereocenters. The average molecular weight is 1070 g/mol. The second-order valence-corrected chi connectivity index (χ2v) is 21.4. The maximum Gasteiger partial charge on any atom is 2.00 e. The van der Waals surface area contributed by atoms with Crippen LogP contribution in [0.1, 0.15) is 333 Å². The van der Waals surface area contributed by atoms with Crippen molar-refractivity contribution in [2.24, 2.45) is 0 Å². The Kier molecular flexibility index (Phi) is 51.7. The Hall–Kier alpha value is -1.82. The van der Waals surface area contributed by atoms with Crippen LogP contribution in [-0.2, 0) is 33.3 Å². The number of benzene rings is 2. The van der Waals surface area contributed by atoms with E-state index >= 15 is 0 Å². The van der Waals surface area contributed by atoms with Crippen LogP contribution in [0.15, 0.2) is 60.2 Å². The van der Waals surface area contributed by atoms with Gasteiger partial charge in [0.25, 0.3) is 0 Å². The molecule has 2 aromatic carbocycles. The van der Waals surface area contributed by atoms with Crippen LogP contribution in [0.2, 0.25) is 0 Å². The fourth-order valence-corrected chi connectivity index (χ4v) is 9.92. The largest absolute Gasteiger partial charge is 2.00 e. The number of nitrogens with zero attached hydrogens (tertiary/aromatic N) is 2. The number of rotatable bonds is 45. The molecule has 2 nitrogen and oxygen atoms in total. The van der Waals surface area contributed by atoms with E-state index in [4.69, 9.17) is 0 Å². The molecule has 0 bridgehead atoms. The molecule has 0 radical (unpaired) electrons. The molecule has 0 amide bonds. The van der Waals surface area contributed by atoms with Crippen LogP contribution < -0.4 is 0 Å². The van der Waals surface area contributed by atoms with Gasteiger partial charge in [0.2, 0.25) is 11.4 Å². The topological polar surface area (TPSA) is 25.3 Å². The number of unbranched alkanes of at least 4 members (excludes halogenated alkanes) is 37. The van der Waals surface area contributed by atoms with Crippen molar-refractivity contribution in [3.63, 3.8) is 0 Å². The number of allylic oxidation sites excluding steroid dienone is 2. The molecule has 1 aliphatic heterocycles. The summed E-state index contributed by atoms with van der Waals surface area (Å²) in [4.78, 5) is 0. The molecule has 1 aliphatic rings. The first kappa shape index (κ1) is 69.2. The normalized spacial score (nSPS) is 12.1. The Morgan fingerprint density at radius 1 is 0.324 bits per heavy atom. The molecule has 0 saturated carbocycles. The zero-order valence-electron chi connectivity index (χ0n) is 48.1. The summed E-state index contributed by atoms with van der Waals surface area (Å²) in [5.74, 6) is 0. The quantitative estimate of drug-likeness (QED) is 0.0273. The van der Waals surface area contributed by atoms with E-state index in [0.717, 1.165) is 54.6 Å². The monoisotopic (exact) mass is 1070 g/mol. The van der Waals surface area contributed by atoms with Gasteiger partial charge in [-0.3, -0.25) is 0 Å². The summed E-state index contributed by atoms with van der Waals surface area (Å²) in [6.07, 6.45) is 63.4. The van der Waals surface area contributed by atoms with E-state index in [0.29, 0.717) is 0 Å². The van der Waals surface area contributed by atoms with Crippen molar-refractivity contribution in [2.75, 3.05) is 0 Å². The standard InChI is InChI=1S/C34H48N2.2C17H35.Pd/c1-4-7-10-11-12-15-18-32-27-33(30-23-19-28(20-24-30)16-13-8-5-2)36(35)34(32)31-25-21-29(22-26-31)17-14-9-6-3;2*1-3-5-7-9-11-13-15-17-16-14-12-10-8-6-4-2;/h19-27H,4-18H2,1-3H3;2*1,3-17H2,2H3;/q;2*-1;+2. The predicted octanol–water partition coefficient (Wildman–Crippen LogP) is 24.1. The molecule has 0 aromatic heterocycles. The van der Waals surface area contributed by atoms with Crippen molar-refractivity contribution in [3.05, 3.63) is 102 Å². The van der Waals surface area contributed by atoms with Crippen molar-refractivity contribution in [1.82, 2.24) is 0 Å². The molecule has 0 spiro atoms. The van der Waals surface area contributed by atoms with Crippen LogP contribution in [0.5, 0.6) is 0 Å². The SMILES string of the molecule is CCCCCCCCC1=C(c2ccc(CCCCC)cc2)[N+](=[N-])C(c2ccc(CCCCC)cc2)=C1.[CH2-]CCCCCCCCCCCCCCCC.[CH2-]CCCCCCCCCCCCCCCC.[Pd+2]. The Balaban J connectivity index is 0.00000117. The zero-order chi connectivity index (χ0) is 50.8. The van der Waals surface area contributed by atoms with Crippen molar-refractivity contribution >= 4 is 11.4 Å². The van der Waals surface area contributed by atoms with Gasteiger partial charge in [-0.1, -0.05) is 296 Å². The second-order valence-electron chi connectivity index (χ2n) is 21.4. The Bertz CT molecular complexity index is 1430. The van der Waals surface area contributed by atoms with Crippen molar-refractivity contribution in [3.8, 4) is 0 Å². The molecule has 3 rings (SSSR count). The van der Waals surface area contributed by atoms with Gasteiger partial charge in [-0.2, -0.15) is 12.8 Å². The van der Waals surface area contributed by atoms with E-state index in [1.807, 2.05) is 0 Å². The van der Waals surface area contributed by atoms with Crippen molar-refractivity contribution < 1.29 is 25.1 Å². The summed E-state index contributed by atoms with van der Waals surface area (Å²) in [5.41, 5.74) is 19.5. The average Bonchev–Trinajstić information content (AvgIpc) is 3.71. The molecular formula is C68H118N2Pd. The maximum absolute atomic E-state index is 11.4. The van der Waals surface area contributed by atoms with Crippen molar-refractivity contribution in [1.29, 1.82) is 0 Å². The number of hydrogen-bond donors (Lipinski definition) is 0. The van der Waals surface area contributed by atoms with E-state index in [1.54, 1.807) is 0 Å². The van der Waals surface area contributed by atoms with Crippen LogP contribution in [0, 0.1) is 13.8 Å². The zero-order valence-corrected chi connectivity index (χ0v) is 49.7. The van der Waals surface area contributed by atoms with E-state index in [2.05, 4.69) is 103 Å².